The number of benzene rings is 2. The molecule has 0 aliphatic carbocycles. The highest BCUT2D eigenvalue weighted by Crippen LogP contribution is 2.22. The molecule has 0 radical (unpaired) electrons. The second-order valence-electron chi connectivity index (χ2n) is 6.86. The molecule has 0 N–H and O–H groups in total. The third-order valence-corrected chi connectivity index (χ3v) is 5.69. The van der Waals surface area contributed by atoms with E-state index in [1.165, 1.54) is 5.56 Å². The van der Waals surface area contributed by atoms with Crippen LogP contribution in [-0.4, -0.2) is 47.4 Å². The fourth-order valence-electron chi connectivity index (χ4n) is 3.67. The van der Waals surface area contributed by atoms with Crippen LogP contribution in [0.2, 0.25) is 0 Å². The fourth-order valence-corrected chi connectivity index (χ4v) is 4.13. The third kappa shape index (κ3) is 4.31. The molecule has 1 aliphatic heterocycles. The van der Waals surface area contributed by atoms with Gasteiger partial charge in [-0.05, 0) is 53.9 Å². The molecule has 25 heavy (non-hydrogen) atoms. The number of piperazine rings is 1. The maximum absolute atomic E-state index is 12.9. The molecule has 132 valence electrons. The molecular weight excluding hydrogens is 376 g/mol. The Morgan fingerprint density at radius 3 is 2.24 bits per heavy atom. The summed E-state index contributed by atoms with van der Waals surface area (Å²) in [6.45, 7) is 7.03. The van der Waals surface area contributed by atoms with Crippen molar-refractivity contribution in [2.75, 3.05) is 19.6 Å². The summed E-state index contributed by atoms with van der Waals surface area (Å²) >= 11 is 3.50. The van der Waals surface area contributed by atoms with E-state index in [0.29, 0.717) is 12.1 Å². The van der Waals surface area contributed by atoms with E-state index in [2.05, 4.69) is 65.0 Å². The van der Waals surface area contributed by atoms with Gasteiger partial charge in [0.05, 0.1) is 5.56 Å². The Bertz CT molecular complexity index is 707. The Hall–Kier alpha value is -1.65. The number of hydrogen-bond donors (Lipinski definition) is 0. The van der Waals surface area contributed by atoms with Gasteiger partial charge < -0.3 is 4.90 Å². The Kier molecular flexibility index (Phi) is 5.92. The second-order valence-corrected chi connectivity index (χ2v) is 7.72. The summed E-state index contributed by atoms with van der Waals surface area (Å²) in [7, 11) is 0. The Balaban J connectivity index is 1.64. The van der Waals surface area contributed by atoms with Gasteiger partial charge in [0.1, 0.15) is 0 Å². The van der Waals surface area contributed by atoms with Crippen molar-refractivity contribution in [1.29, 1.82) is 0 Å². The van der Waals surface area contributed by atoms with Gasteiger partial charge in [-0.1, -0.05) is 42.5 Å². The van der Waals surface area contributed by atoms with E-state index >= 15 is 0 Å². The molecule has 1 saturated heterocycles. The van der Waals surface area contributed by atoms with Gasteiger partial charge in [0.2, 0.25) is 0 Å². The van der Waals surface area contributed by atoms with E-state index in [1.807, 2.05) is 29.2 Å². The molecule has 3 nitrogen and oxygen atoms in total. The maximum Gasteiger partial charge on any atom is 0.255 e. The zero-order valence-corrected chi connectivity index (χ0v) is 16.4. The van der Waals surface area contributed by atoms with Crippen molar-refractivity contribution in [2.24, 2.45) is 0 Å². The van der Waals surface area contributed by atoms with Crippen molar-refractivity contribution in [1.82, 2.24) is 9.80 Å². The van der Waals surface area contributed by atoms with Crippen LogP contribution >= 0.6 is 15.9 Å². The van der Waals surface area contributed by atoms with Gasteiger partial charge in [-0.3, -0.25) is 9.69 Å². The second kappa shape index (κ2) is 8.15. The van der Waals surface area contributed by atoms with Crippen molar-refractivity contribution in [3.05, 3.63) is 70.2 Å². The van der Waals surface area contributed by atoms with Crippen LogP contribution in [0.5, 0.6) is 0 Å². The van der Waals surface area contributed by atoms with Crippen LogP contribution in [0.3, 0.4) is 0 Å². The molecule has 2 aromatic rings. The summed E-state index contributed by atoms with van der Waals surface area (Å²) in [6, 6.07) is 19.0. The number of carbonyl (C=O) groups is 1. The summed E-state index contributed by atoms with van der Waals surface area (Å²) in [5, 5.41) is 0. The first-order valence-electron chi connectivity index (χ1n) is 8.89. The zero-order chi connectivity index (χ0) is 17.8. The van der Waals surface area contributed by atoms with Crippen LogP contribution < -0.4 is 0 Å². The summed E-state index contributed by atoms with van der Waals surface area (Å²) in [5.41, 5.74) is 2.12. The zero-order valence-electron chi connectivity index (χ0n) is 14.9. The minimum absolute atomic E-state index is 0.119. The average Bonchev–Trinajstić information content (AvgIpc) is 2.61. The fraction of sp³-hybridized carbons (Fsp3) is 0.381. The summed E-state index contributed by atoms with van der Waals surface area (Å²) in [4.78, 5) is 17.4. The highest BCUT2D eigenvalue weighted by atomic mass is 79.9. The molecule has 0 saturated carbocycles. The van der Waals surface area contributed by atoms with E-state index in [4.69, 9.17) is 0 Å². The molecule has 2 unspecified atom stereocenters. The van der Waals surface area contributed by atoms with Gasteiger partial charge in [0.25, 0.3) is 5.91 Å². The molecule has 0 spiro atoms. The summed E-state index contributed by atoms with van der Waals surface area (Å²) in [5.74, 6) is 0.119. The van der Waals surface area contributed by atoms with Gasteiger partial charge in [0.15, 0.2) is 0 Å². The van der Waals surface area contributed by atoms with Crippen LogP contribution in [0.1, 0.15) is 29.8 Å². The SMILES string of the molecule is CC1CN(C(=O)c2ccccc2Br)CC(C)N1CCc1ccccc1. The first-order chi connectivity index (χ1) is 12.1. The van der Waals surface area contributed by atoms with Crippen molar-refractivity contribution >= 4 is 21.8 Å². The number of amides is 1. The molecule has 1 fully saturated rings. The highest BCUT2D eigenvalue weighted by molar-refractivity contribution is 9.10. The molecule has 2 atom stereocenters. The van der Waals surface area contributed by atoms with E-state index in [-0.39, 0.29) is 5.91 Å². The number of rotatable bonds is 4. The maximum atomic E-state index is 12.9. The predicted molar refractivity (Wildman–Crippen MR) is 106 cm³/mol. The van der Waals surface area contributed by atoms with Crippen LogP contribution in [-0.2, 0) is 6.42 Å². The topological polar surface area (TPSA) is 23.6 Å². The first kappa shape index (κ1) is 18.2. The number of nitrogens with zero attached hydrogens (tertiary/aromatic N) is 2. The largest absolute Gasteiger partial charge is 0.335 e. The van der Waals surface area contributed by atoms with E-state index in [0.717, 1.165) is 36.1 Å². The minimum atomic E-state index is 0.119. The molecule has 2 aromatic carbocycles. The quantitative estimate of drug-likeness (QED) is 0.766. The monoisotopic (exact) mass is 400 g/mol. The predicted octanol–water partition coefficient (Wildman–Crippen LogP) is 4.23. The molecule has 0 aromatic heterocycles. The van der Waals surface area contributed by atoms with Crippen LogP contribution in [0, 0.1) is 0 Å². The molecule has 1 aliphatic rings. The van der Waals surface area contributed by atoms with E-state index in [9.17, 15) is 4.79 Å². The first-order valence-corrected chi connectivity index (χ1v) is 9.69. The lowest BCUT2D eigenvalue weighted by atomic mass is 10.0. The van der Waals surface area contributed by atoms with Gasteiger partial charge in [-0.2, -0.15) is 0 Å². The smallest absolute Gasteiger partial charge is 0.255 e. The number of hydrogen-bond acceptors (Lipinski definition) is 2. The molecule has 3 rings (SSSR count). The molecule has 1 heterocycles. The minimum Gasteiger partial charge on any atom is -0.335 e. The van der Waals surface area contributed by atoms with Gasteiger partial charge in [-0.25, -0.2) is 0 Å². The van der Waals surface area contributed by atoms with Gasteiger partial charge >= 0.3 is 0 Å². The van der Waals surface area contributed by atoms with Crippen LogP contribution in [0.25, 0.3) is 0 Å². The molecule has 1 amide bonds. The van der Waals surface area contributed by atoms with Gasteiger partial charge in [-0.15, -0.1) is 0 Å². The Morgan fingerprint density at radius 2 is 1.60 bits per heavy atom. The lowest BCUT2D eigenvalue weighted by molar-refractivity contribution is 0.0311. The summed E-state index contributed by atoms with van der Waals surface area (Å²) < 4.78 is 0.867. The van der Waals surface area contributed by atoms with Crippen molar-refractivity contribution in [3.8, 4) is 0 Å². The Labute approximate surface area is 158 Å². The van der Waals surface area contributed by atoms with Crippen LogP contribution in [0.15, 0.2) is 59.1 Å². The van der Waals surface area contributed by atoms with E-state index in [1.54, 1.807) is 0 Å². The molecule has 0 bridgehead atoms. The lowest BCUT2D eigenvalue weighted by Crippen LogP contribution is -2.58. The number of carbonyl (C=O) groups excluding carboxylic acids is 1. The standard InChI is InChI=1S/C21H25BrN2O/c1-16-14-23(21(25)19-10-6-7-11-20(19)22)15-17(2)24(16)13-12-18-8-4-3-5-9-18/h3-11,16-17H,12-15H2,1-2H3. The Morgan fingerprint density at radius 1 is 1.00 bits per heavy atom. The third-order valence-electron chi connectivity index (χ3n) is 4.99. The van der Waals surface area contributed by atoms with Crippen molar-refractivity contribution in [2.45, 2.75) is 32.4 Å². The molecule has 4 heteroatoms. The van der Waals surface area contributed by atoms with Crippen LogP contribution in [0.4, 0.5) is 0 Å². The van der Waals surface area contributed by atoms with Gasteiger partial charge in [0, 0.05) is 36.2 Å². The van der Waals surface area contributed by atoms with Crippen molar-refractivity contribution < 1.29 is 4.79 Å². The normalized spacial score (nSPS) is 21.3. The average molecular weight is 401 g/mol. The molecular formula is C21H25BrN2O. The van der Waals surface area contributed by atoms with Crippen molar-refractivity contribution in [3.63, 3.8) is 0 Å². The summed E-state index contributed by atoms with van der Waals surface area (Å²) in [6.07, 6.45) is 1.05. The number of halogens is 1. The highest BCUT2D eigenvalue weighted by Gasteiger charge is 2.32. The lowest BCUT2D eigenvalue weighted by Gasteiger charge is -2.44. The van der Waals surface area contributed by atoms with E-state index < -0.39 is 0 Å².